The molecule has 33 heavy (non-hydrogen) atoms. The van der Waals surface area contributed by atoms with Gasteiger partial charge in [-0.3, -0.25) is 4.79 Å². The fourth-order valence-electron chi connectivity index (χ4n) is 3.35. The molecule has 4 aromatic rings. The van der Waals surface area contributed by atoms with E-state index in [-0.39, 0.29) is 23.4 Å². The zero-order valence-electron chi connectivity index (χ0n) is 17.1. The van der Waals surface area contributed by atoms with E-state index in [1.54, 1.807) is 18.2 Å². The molecule has 2 aromatic carbocycles. The maximum atomic E-state index is 12.6. The summed E-state index contributed by atoms with van der Waals surface area (Å²) in [5, 5.41) is 23.0. The number of carbonyl (C=O) groups excluding carboxylic acids is 1. The van der Waals surface area contributed by atoms with Crippen molar-refractivity contribution in [2.45, 2.75) is 6.61 Å². The molecule has 168 valence electrons. The molecule has 4 rings (SSSR count). The molecule has 10 nitrogen and oxygen atoms in total. The SMILES string of the molecule is COc1cc(-n2cc(OC(F)F)cn2)c(-c2ccc3c(N)cnnc3c2)cc1B(O)OC=O. The van der Waals surface area contributed by atoms with Crippen molar-refractivity contribution in [3.63, 3.8) is 0 Å². The highest BCUT2D eigenvalue weighted by Crippen LogP contribution is 2.32. The molecule has 3 N–H and O–H groups in total. The van der Waals surface area contributed by atoms with Crippen LogP contribution >= 0.6 is 0 Å². The summed E-state index contributed by atoms with van der Waals surface area (Å²) in [6.07, 6.45) is 3.83. The fourth-order valence-corrected chi connectivity index (χ4v) is 3.35. The van der Waals surface area contributed by atoms with E-state index in [1.165, 1.54) is 36.3 Å². The number of nitrogens with zero attached hydrogens (tertiary/aromatic N) is 4. The van der Waals surface area contributed by atoms with Crippen LogP contribution in [0.25, 0.3) is 27.7 Å². The minimum atomic E-state index is -3.01. The Morgan fingerprint density at radius 1 is 1.24 bits per heavy atom. The van der Waals surface area contributed by atoms with Crippen LogP contribution in [0.3, 0.4) is 0 Å². The number of nitrogen functional groups attached to an aromatic ring is 1. The second-order valence-corrected chi connectivity index (χ2v) is 6.73. The largest absolute Gasteiger partial charge is 0.565 e. The van der Waals surface area contributed by atoms with E-state index in [0.717, 1.165) is 6.20 Å². The minimum Gasteiger partial charge on any atom is -0.508 e. The number of rotatable bonds is 8. The maximum absolute atomic E-state index is 12.6. The molecule has 13 heteroatoms. The Hall–Kier alpha value is -4.26. The van der Waals surface area contributed by atoms with Crippen LogP contribution in [-0.2, 0) is 9.45 Å². The van der Waals surface area contributed by atoms with Crippen LogP contribution in [0.2, 0.25) is 0 Å². The molecule has 0 spiro atoms. The third-order valence-corrected chi connectivity index (χ3v) is 4.81. The lowest BCUT2D eigenvalue weighted by atomic mass is 9.77. The highest BCUT2D eigenvalue weighted by Gasteiger charge is 2.26. The van der Waals surface area contributed by atoms with E-state index >= 15 is 0 Å². The molecule has 0 fully saturated rings. The summed E-state index contributed by atoms with van der Waals surface area (Å²) in [5.74, 6) is 0.0141. The molecule has 0 aliphatic rings. The van der Waals surface area contributed by atoms with Crippen LogP contribution in [0.5, 0.6) is 11.5 Å². The Kier molecular flexibility index (Phi) is 6.04. The molecule has 2 aromatic heterocycles. The molecule has 0 aliphatic heterocycles. The maximum Gasteiger partial charge on any atom is 0.565 e. The number of aromatic nitrogens is 4. The van der Waals surface area contributed by atoms with Gasteiger partial charge in [0, 0.05) is 22.5 Å². The number of methoxy groups -OCH3 is 1. The molecule has 0 saturated carbocycles. The number of hydrogen-bond donors (Lipinski definition) is 2. The lowest BCUT2D eigenvalue weighted by Crippen LogP contribution is -2.34. The van der Waals surface area contributed by atoms with E-state index in [4.69, 9.17) is 10.5 Å². The highest BCUT2D eigenvalue weighted by atomic mass is 19.3. The van der Waals surface area contributed by atoms with Gasteiger partial charge >= 0.3 is 13.7 Å². The average molecular weight is 455 g/mol. The van der Waals surface area contributed by atoms with E-state index in [2.05, 4.69) is 24.7 Å². The summed E-state index contributed by atoms with van der Waals surface area (Å²) in [4.78, 5) is 10.8. The molecule has 0 amide bonds. The number of alkyl halides is 2. The predicted octanol–water partition coefficient (Wildman–Crippen LogP) is 1.54. The first kappa shape index (κ1) is 22.0. The van der Waals surface area contributed by atoms with Crippen LogP contribution in [0.15, 0.2) is 48.9 Å². The Labute approximate surface area is 185 Å². The average Bonchev–Trinajstić information content (AvgIpc) is 3.26. The van der Waals surface area contributed by atoms with Gasteiger partial charge in [0.25, 0.3) is 6.47 Å². The van der Waals surface area contributed by atoms with Crippen molar-refractivity contribution in [2.24, 2.45) is 0 Å². The normalized spacial score (nSPS) is 10.9. The van der Waals surface area contributed by atoms with Gasteiger partial charge in [0.15, 0.2) is 5.75 Å². The first-order chi connectivity index (χ1) is 15.9. The van der Waals surface area contributed by atoms with E-state index < -0.39 is 13.7 Å². The van der Waals surface area contributed by atoms with Crippen molar-refractivity contribution < 1.29 is 32.7 Å². The molecule has 0 aliphatic carbocycles. The number of anilines is 1. The van der Waals surface area contributed by atoms with Gasteiger partial charge < -0.3 is 24.9 Å². The van der Waals surface area contributed by atoms with Crippen molar-refractivity contribution >= 4 is 35.6 Å². The van der Waals surface area contributed by atoms with E-state index in [9.17, 15) is 18.6 Å². The van der Waals surface area contributed by atoms with Gasteiger partial charge in [0.1, 0.15) is 5.75 Å². The summed E-state index contributed by atoms with van der Waals surface area (Å²) in [6.45, 7) is -2.91. The second-order valence-electron chi connectivity index (χ2n) is 6.73. The number of halogens is 2. The van der Waals surface area contributed by atoms with Gasteiger partial charge in [-0.05, 0) is 23.8 Å². The lowest BCUT2D eigenvalue weighted by Gasteiger charge is -2.17. The minimum absolute atomic E-state index is 0.105. The Bertz CT molecular complexity index is 1320. The molecule has 0 bridgehead atoms. The number of benzene rings is 2. The molecule has 2 heterocycles. The van der Waals surface area contributed by atoms with Gasteiger partial charge in [0.2, 0.25) is 0 Å². The molecule has 0 atom stereocenters. The highest BCUT2D eigenvalue weighted by molar-refractivity contribution is 6.62. The van der Waals surface area contributed by atoms with Crippen molar-refractivity contribution in [1.82, 2.24) is 20.0 Å². The van der Waals surface area contributed by atoms with E-state index in [0.29, 0.717) is 33.4 Å². The molecule has 0 radical (unpaired) electrons. The van der Waals surface area contributed by atoms with Crippen molar-refractivity contribution in [3.05, 3.63) is 48.9 Å². The van der Waals surface area contributed by atoms with Crippen LogP contribution < -0.4 is 20.7 Å². The summed E-state index contributed by atoms with van der Waals surface area (Å²) in [5.41, 5.74) is 8.53. The third kappa shape index (κ3) is 4.39. The van der Waals surface area contributed by atoms with Crippen molar-refractivity contribution in [3.8, 4) is 28.3 Å². The van der Waals surface area contributed by atoms with Gasteiger partial charge in [-0.15, -0.1) is 0 Å². The standard InChI is InChI=1S/C20H16BF2N5O5/c1-31-19-6-18(28-9-12(7-26-28)33-20(22)23)14(5-15(19)21(30)32-10-29)11-2-3-13-16(24)8-25-27-17(13)4-11/h2-10,20,30H,1H3,(H2,24,27). The van der Waals surface area contributed by atoms with Gasteiger partial charge in [-0.1, -0.05) is 6.07 Å². The Morgan fingerprint density at radius 2 is 2.06 bits per heavy atom. The quantitative estimate of drug-likeness (QED) is 0.300. The first-order valence-corrected chi connectivity index (χ1v) is 9.41. The van der Waals surface area contributed by atoms with Crippen LogP contribution in [-0.4, -0.2) is 52.3 Å². The molecular formula is C20H16BF2N5O5. The third-order valence-electron chi connectivity index (χ3n) is 4.81. The summed E-state index contributed by atoms with van der Waals surface area (Å²) >= 11 is 0. The topological polar surface area (TPSA) is 135 Å². The molecule has 0 saturated heterocycles. The number of fused-ring (bicyclic) bond motifs is 1. The number of nitrogens with two attached hydrogens (primary N) is 1. The van der Waals surface area contributed by atoms with Crippen LogP contribution in [0.4, 0.5) is 14.5 Å². The van der Waals surface area contributed by atoms with E-state index in [1.807, 2.05) is 0 Å². The van der Waals surface area contributed by atoms with Crippen molar-refractivity contribution in [2.75, 3.05) is 12.8 Å². The van der Waals surface area contributed by atoms with Gasteiger partial charge in [-0.25, -0.2) is 4.68 Å². The fraction of sp³-hybridized carbons (Fsp3) is 0.100. The van der Waals surface area contributed by atoms with Crippen LogP contribution in [0.1, 0.15) is 0 Å². The summed E-state index contributed by atoms with van der Waals surface area (Å²) in [7, 11) is -0.255. The zero-order chi connectivity index (χ0) is 23.5. The zero-order valence-corrected chi connectivity index (χ0v) is 17.1. The Morgan fingerprint density at radius 3 is 2.79 bits per heavy atom. The first-order valence-electron chi connectivity index (χ1n) is 9.41. The predicted molar refractivity (Wildman–Crippen MR) is 114 cm³/mol. The van der Waals surface area contributed by atoms with Crippen molar-refractivity contribution in [1.29, 1.82) is 0 Å². The monoisotopic (exact) mass is 455 g/mol. The Balaban J connectivity index is 1.93. The molecule has 0 unspecified atom stereocenters. The van der Waals surface area contributed by atoms with Gasteiger partial charge in [0.05, 0.1) is 42.6 Å². The smallest absolute Gasteiger partial charge is 0.508 e. The molecular weight excluding hydrogens is 439 g/mol. The number of carbonyl (C=O) groups is 1. The number of ether oxygens (including phenoxy) is 2. The lowest BCUT2D eigenvalue weighted by molar-refractivity contribution is -0.121. The summed E-state index contributed by atoms with van der Waals surface area (Å²) in [6, 6.07) is 8.24. The van der Waals surface area contributed by atoms with Crippen LogP contribution in [0, 0.1) is 0 Å². The summed E-state index contributed by atoms with van der Waals surface area (Å²) < 4.78 is 41.0. The van der Waals surface area contributed by atoms with Gasteiger partial charge in [-0.2, -0.15) is 24.1 Å². The second kappa shape index (κ2) is 9.08. The number of hydrogen-bond acceptors (Lipinski definition) is 9.